The highest BCUT2D eigenvalue weighted by Crippen LogP contribution is 2.20. The van der Waals surface area contributed by atoms with Crippen LogP contribution in [0.1, 0.15) is 35.8 Å². The van der Waals surface area contributed by atoms with Gasteiger partial charge in [0, 0.05) is 12.7 Å². The van der Waals surface area contributed by atoms with Crippen molar-refractivity contribution >= 4 is 17.0 Å². The lowest BCUT2D eigenvalue weighted by Gasteiger charge is -2.07. The number of benzene rings is 1. The molecular weight excluding hydrogens is 294 g/mol. The molecule has 2 aromatic heterocycles. The van der Waals surface area contributed by atoms with Gasteiger partial charge >= 0.3 is 11.7 Å². The minimum atomic E-state index is -1.02. The predicted octanol–water partition coefficient (Wildman–Crippen LogP) is 2.55. The Morgan fingerprint density at radius 1 is 1.17 bits per heavy atom. The fraction of sp³-hybridized carbons (Fsp3) is 0.235. The third-order valence-electron chi connectivity index (χ3n) is 3.92. The van der Waals surface area contributed by atoms with Crippen molar-refractivity contribution in [2.45, 2.75) is 19.8 Å². The molecule has 0 saturated heterocycles. The number of imidazole rings is 1. The largest absolute Gasteiger partial charge is 0.478 e. The summed E-state index contributed by atoms with van der Waals surface area (Å²) in [6.07, 6.45) is 1.67. The summed E-state index contributed by atoms with van der Waals surface area (Å²) in [6.45, 7) is 4.11. The lowest BCUT2D eigenvalue weighted by Crippen LogP contribution is -2.21. The second kappa shape index (κ2) is 5.39. The summed E-state index contributed by atoms with van der Waals surface area (Å²) in [5.74, 6) is -0.707. The molecule has 0 unspecified atom stereocenters. The van der Waals surface area contributed by atoms with E-state index in [4.69, 9.17) is 5.11 Å². The summed E-state index contributed by atoms with van der Waals surface area (Å²) in [4.78, 5) is 28.0. The molecule has 2 heterocycles. The molecule has 0 aliphatic carbocycles. The Labute approximate surface area is 132 Å². The topological polar surface area (TPSA) is 77.1 Å². The number of fused-ring (bicyclic) bond motifs is 1. The maximum atomic E-state index is 12.5. The SMILES string of the molecule is CC(C)c1ccc(-n2c(=O)n(C)c3cc(C(=O)O)ccc32)cn1. The summed E-state index contributed by atoms with van der Waals surface area (Å²) in [5.41, 5.74) is 2.76. The molecule has 0 fully saturated rings. The van der Waals surface area contributed by atoms with E-state index in [1.54, 1.807) is 19.3 Å². The Kier molecular flexibility index (Phi) is 3.52. The summed E-state index contributed by atoms with van der Waals surface area (Å²) in [7, 11) is 1.63. The Hall–Kier alpha value is -2.89. The van der Waals surface area contributed by atoms with Gasteiger partial charge in [-0.2, -0.15) is 0 Å². The molecule has 1 N–H and O–H groups in total. The van der Waals surface area contributed by atoms with Gasteiger partial charge in [0.25, 0.3) is 0 Å². The molecule has 0 radical (unpaired) electrons. The van der Waals surface area contributed by atoms with Gasteiger partial charge < -0.3 is 5.11 Å². The van der Waals surface area contributed by atoms with Gasteiger partial charge in [-0.05, 0) is 36.2 Å². The number of carboxylic acids is 1. The number of aromatic nitrogens is 3. The molecule has 6 nitrogen and oxygen atoms in total. The van der Waals surface area contributed by atoms with Crippen LogP contribution >= 0.6 is 0 Å². The van der Waals surface area contributed by atoms with Crippen molar-refractivity contribution in [2.75, 3.05) is 0 Å². The molecule has 118 valence electrons. The highest BCUT2D eigenvalue weighted by atomic mass is 16.4. The maximum Gasteiger partial charge on any atom is 0.335 e. The summed E-state index contributed by atoms with van der Waals surface area (Å²) in [6, 6.07) is 8.41. The number of carboxylic acid groups (broad SMARTS) is 1. The zero-order chi connectivity index (χ0) is 16.7. The van der Waals surface area contributed by atoms with Crippen LogP contribution in [0.5, 0.6) is 0 Å². The third-order valence-corrected chi connectivity index (χ3v) is 3.92. The van der Waals surface area contributed by atoms with Crippen molar-refractivity contribution < 1.29 is 9.90 Å². The van der Waals surface area contributed by atoms with E-state index in [0.717, 1.165) is 5.69 Å². The average molecular weight is 311 g/mol. The van der Waals surface area contributed by atoms with Crippen molar-refractivity contribution in [3.63, 3.8) is 0 Å². The van der Waals surface area contributed by atoms with Gasteiger partial charge in [0.05, 0.1) is 28.5 Å². The predicted molar refractivity (Wildman–Crippen MR) is 87.4 cm³/mol. The summed E-state index contributed by atoms with van der Waals surface area (Å²) < 4.78 is 2.98. The first-order valence-electron chi connectivity index (χ1n) is 7.31. The van der Waals surface area contributed by atoms with Crippen molar-refractivity contribution in [3.8, 4) is 5.69 Å². The molecular formula is C17H17N3O3. The van der Waals surface area contributed by atoms with E-state index in [0.29, 0.717) is 22.6 Å². The van der Waals surface area contributed by atoms with Crippen LogP contribution in [0, 0.1) is 0 Å². The lowest BCUT2D eigenvalue weighted by molar-refractivity contribution is 0.0697. The van der Waals surface area contributed by atoms with Gasteiger partial charge in [0.15, 0.2) is 0 Å². The molecule has 3 rings (SSSR count). The number of carbonyl (C=O) groups is 1. The van der Waals surface area contributed by atoms with E-state index in [2.05, 4.69) is 18.8 Å². The van der Waals surface area contributed by atoms with Crippen molar-refractivity contribution in [2.24, 2.45) is 7.05 Å². The first kappa shape index (κ1) is 15.0. The zero-order valence-electron chi connectivity index (χ0n) is 13.1. The Bertz CT molecular complexity index is 950. The van der Waals surface area contributed by atoms with E-state index in [-0.39, 0.29) is 11.3 Å². The molecule has 0 atom stereocenters. The van der Waals surface area contributed by atoms with Crippen LogP contribution in [0.3, 0.4) is 0 Å². The number of hydrogen-bond donors (Lipinski definition) is 1. The molecule has 0 aliphatic rings. The second-order valence-electron chi connectivity index (χ2n) is 5.78. The number of rotatable bonds is 3. The number of hydrogen-bond acceptors (Lipinski definition) is 3. The molecule has 0 aliphatic heterocycles. The number of aromatic carboxylic acids is 1. The van der Waals surface area contributed by atoms with E-state index in [1.807, 2.05) is 12.1 Å². The lowest BCUT2D eigenvalue weighted by atomic mass is 10.1. The average Bonchev–Trinajstić information content (AvgIpc) is 2.78. The van der Waals surface area contributed by atoms with Gasteiger partial charge in [0.1, 0.15) is 0 Å². The molecule has 3 aromatic rings. The molecule has 1 aromatic carbocycles. The van der Waals surface area contributed by atoms with Gasteiger partial charge in [-0.15, -0.1) is 0 Å². The quantitative estimate of drug-likeness (QED) is 0.806. The summed E-state index contributed by atoms with van der Waals surface area (Å²) in [5, 5.41) is 9.11. The van der Waals surface area contributed by atoms with Crippen LogP contribution < -0.4 is 5.69 Å². The number of pyridine rings is 1. The van der Waals surface area contributed by atoms with E-state index in [1.165, 1.54) is 21.3 Å². The van der Waals surface area contributed by atoms with Gasteiger partial charge in [-0.3, -0.25) is 14.1 Å². The highest BCUT2D eigenvalue weighted by Gasteiger charge is 2.15. The number of aryl methyl sites for hydroxylation is 1. The molecule has 0 saturated carbocycles. The monoisotopic (exact) mass is 311 g/mol. The fourth-order valence-corrected chi connectivity index (χ4v) is 2.59. The Balaban J connectivity index is 2.23. The van der Waals surface area contributed by atoms with Crippen LogP contribution in [-0.4, -0.2) is 25.2 Å². The van der Waals surface area contributed by atoms with Gasteiger partial charge in [-0.1, -0.05) is 13.8 Å². The molecule has 0 spiro atoms. The molecule has 0 amide bonds. The first-order valence-corrected chi connectivity index (χ1v) is 7.31. The van der Waals surface area contributed by atoms with Crippen molar-refractivity contribution in [1.29, 1.82) is 0 Å². The maximum absolute atomic E-state index is 12.5. The van der Waals surface area contributed by atoms with E-state index < -0.39 is 5.97 Å². The number of nitrogens with zero attached hydrogens (tertiary/aromatic N) is 3. The zero-order valence-corrected chi connectivity index (χ0v) is 13.1. The van der Waals surface area contributed by atoms with Crippen molar-refractivity contribution in [1.82, 2.24) is 14.1 Å². The molecule has 6 heteroatoms. The van der Waals surface area contributed by atoms with Gasteiger partial charge in [0.2, 0.25) is 0 Å². The third kappa shape index (κ3) is 2.42. The van der Waals surface area contributed by atoms with Crippen molar-refractivity contribution in [3.05, 3.63) is 58.3 Å². The van der Waals surface area contributed by atoms with E-state index in [9.17, 15) is 9.59 Å². The minimum absolute atomic E-state index is 0.151. The van der Waals surface area contributed by atoms with Crippen LogP contribution in [-0.2, 0) is 7.05 Å². The summed E-state index contributed by atoms with van der Waals surface area (Å²) >= 11 is 0. The van der Waals surface area contributed by atoms with Gasteiger partial charge in [-0.25, -0.2) is 9.59 Å². The van der Waals surface area contributed by atoms with Crippen LogP contribution in [0.25, 0.3) is 16.7 Å². The minimum Gasteiger partial charge on any atom is -0.478 e. The van der Waals surface area contributed by atoms with Crippen LogP contribution in [0.4, 0.5) is 0 Å². The van der Waals surface area contributed by atoms with E-state index >= 15 is 0 Å². The van der Waals surface area contributed by atoms with Crippen LogP contribution in [0.2, 0.25) is 0 Å². The molecule has 0 bridgehead atoms. The molecule has 23 heavy (non-hydrogen) atoms. The highest BCUT2D eigenvalue weighted by molar-refractivity contribution is 5.92. The Morgan fingerprint density at radius 2 is 1.91 bits per heavy atom. The van der Waals surface area contributed by atoms with Crippen LogP contribution in [0.15, 0.2) is 41.3 Å². The fourth-order valence-electron chi connectivity index (χ4n) is 2.59. The first-order chi connectivity index (χ1) is 10.9. The standard InChI is InChI=1S/C17H17N3O3/c1-10(2)13-6-5-12(9-18-13)20-14-7-4-11(16(21)22)8-15(14)19(3)17(20)23/h4-10H,1-3H3,(H,21,22). The normalized spacial score (nSPS) is 11.3. The second-order valence-corrected chi connectivity index (χ2v) is 5.78. The smallest absolute Gasteiger partial charge is 0.335 e. The Morgan fingerprint density at radius 3 is 2.48 bits per heavy atom.